The second-order valence-corrected chi connectivity index (χ2v) is 4.61. The number of hydrogen-bond donors (Lipinski definition) is 2. The number of hydrogen-bond acceptors (Lipinski definition) is 4. The molecule has 0 amide bonds. The Kier molecular flexibility index (Phi) is 4.07. The third-order valence-corrected chi connectivity index (χ3v) is 2.35. The predicted molar refractivity (Wildman–Crippen MR) is 54.7 cm³/mol. The van der Waals surface area contributed by atoms with Crippen molar-refractivity contribution in [1.82, 2.24) is 4.90 Å². The molecule has 5 nitrogen and oxygen atoms in total. The maximum atomic E-state index is 10.6. The van der Waals surface area contributed by atoms with Gasteiger partial charge < -0.3 is 14.9 Å². The van der Waals surface area contributed by atoms with Gasteiger partial charge in [0.2, 0.25) is 0 Å². The molecule has 0 aromatic rings. The highest BCUT2D eigenvalue weighted by molar-refractivity contribution is 5.67. The van der Waals surface area contributed by atoms with Gasteiger partial charge in [-0.1, -0.05) is 0 Å². The zero-order valence-electron chi connectivity index (χ0n) is 9.27. The van der Waals surface area contributed by atoms with Crippen LogP contribution >= 0.6 is 0 Å². The van der Waals surface area contributed by atoms with Gasteiger partial charge in [0.15, 0.2) is 0 Å². The number of nitrogens with zero attached hydrogens (tertiary/aromatic N) is 1. The molecule has 0 aromatic heterocycles. The van der Waals surface area contributed by atoms with E-state index in [2.05, 4.69) is 0 Å². The summed E-state index contributed by atoms with van der Waals surface area (Å²) in [6.07, 6.45) is 0.0656. The van der Waals surface area contributed by atoms with Gasteiger partial charge in [-0.3, -0.25) is 9.69 Å². The lowest BCUT2D eigenvalue weighted by atomic mass is 10.1. The average molecular weight is 217 g/mol. The van der Waals surface area contributed by atoms with Gasteiger partial charge in [0.25, 0.3) is 0 Å². The van der Waals surface area contributed by atoms with Crippen molar-refractivity contribution < 1.29 is 19.7 Å². The number of aliphatic hydroxyl groups is 1. The Morgan fingerprint density at radius 2 is 2.27 bits per heavy atom. The third kappa shape index (κ3) is 4.59. The first-order valence-corrected chi connectivity index (χ1v) is 5.14. The minimum Gasteiger partial charge on any atom is -0.481 e. The number of rotatable bonds is 4. The minimum absolute atomic E-state index is 0.0656. The number of carboxylic acid groups (broad SMARTS) is 1. The van der Waals surface area contributed by atoms with Crippen molar-refractivity contribution in [3.05, 3.63) is 0 Å². The first-order valence-electron chi connectivity index (χ1n) is 5.14. The van der Waals surface area contributed by atoms with Crippen LogP contribution in [0, 0.1) is 0 Å². The molecule has 0 aliphatic carbocycles. The second kappa shape index (κ2) is 4.92. The second-order valence-electron chi connectivity index (χ2n) is 4.61. The fourth-order valence-corrected chi connectivity index (χ4v) is 1.78. The number of β-amino-alcohol motifs (C(OH)–C–C–N with tert-alkyl or cyclic N) is 1. The molecule has 0 spiro atoms. The molecule has 0 bridgehead atoms. The summed E-state index contributed by atoms with van der Waals surface area (Å²) in [6.45, 7) is 5.64. The van der Waals surface area contributed by atoms with Crippen molar-refractivity contribution in [1.29, 1.82) is 0 Å². The van der Waals surface area contributed by atoms with Crippen LogP contribution in [0.5, 0.6) is 0 Å². The van der Waals surface area contributed by atoms with E-state index in [1.807, 2.05) is 4.90 Å². The molecule has 1 heterocycles. The highest BCUT2D eigenvalue weighted by Crippen LogP contribution is 2.14. The Hall–Kier alpha value is -0.650. The minimum atomic E-state index is -0.828. The van der Waals surface area contributed by atoms with Crippen LogP contribution in [0.2, 0.25) is 0 Å². The molecule has 1 aliphatic heterocycles. The van der Waals surface area contributed by atoms with Gasteiger partial charge in [-0.25, -0.2) is 0 Å². The first kappa shape index (κ1) is 12.4. The number of morpholine rings is 1. The van der Waals surface area contributed by atoms with Crippen molar-refractivity contribution in [3.8, 4) is 0 Å². The zero-order chi connectivity index (χ0) is 11.5. The van der Waals surface area contributed by atoms with E-state index in [0.29, 0.717) is 26.3 Å². The lowest BCUT2D eigenvalue weighted by Gasteiger charge is -2.38. The summed E-state index contributed by atoms with van der Waals surface area (Å²) in [6, 6.07) is -0.123. The Morgan fingerprint density at radius 1 is 1.60 bits per heavy atom. The van der Waals surface area contributed by atoms with Crippen LogP contribution in [0.25, 0.3) is 0 Å². The van der Waals surface area contributed by atoms with Gasteiger partial charge in [-0.2, -0.15) is 0 Å². The average Bonchev–Trinajstić information content (AvgIpc) is 2.05. The molecule has 88 valence electrons. The van der Waals surface area contributed by atoms with Crippen molar-refractivity contribution in [2.75, 3.05) is 26.3 Å². The van der Waals surface area contributed by atoms with E-state index in [4.69, 9.17) is 9.84 Å². The summed E-state index contributed by atoms with van der Waals surface area (Å²) >= 11 is 0. The van der Waals surface area contributed by atoms with Gasteiger partial charge in [0, 0.05) is 19.1 Å². The summed E-state index contributed by atoms with van der Waals surface area (Å²) in [5.41, 5.74) is -0.798. The lowest BCUT2D eigenvalue weighted by Crippen LogP contribution is -2.51. The molecule has 15 heavy (non-hydrogen) atoms. The van der Waals surface area contributed by atoms with Crippen LogP contribution in [0.15, 0.2) is 0 Å². The number of carbonyl (C=O) groups is 1. The largest absolute Gasteiger partial charge is 0.481 e. The van der Waals surface area contributed by atoms with Crippen LogP contribution in [0.1, 0.15) is 20.3 Å². The highest BCUT2D eigenvalue weighted by atomic mass is 16.5. The first-order chi connectivity index (χ1) is 6.88. The van der Waals surface area contributed by atoms with Gasteiger partial charge in [0.05, 0.1) is 25.2 Å². The standard InChI is InChI=1S/C10H19NO4/c1-10(2,14)7-11-3-4-15-6-8(11)5-9(12)13/h8,14H,3-7H2,1-2H3,(H,12,13). The lowest BCUT2D eigenvalue weighted by molar-refractivity contribution is -0.141. The SMILES string of the molecule is CC(C)(O)CN1CCOCC1CC(=O)O. The molecule has 2 N–H and O–H groups in total. The summed E-state index contributed by atoms with van der Waals surface area (Å²) in [7, 11) is 0. The zero-order valence-corrected chi connectivity index (χ0v) is 9.27. The molecule has 1 saturated heterocycles. The summed E-state index contributed by atoms with van der Waals surface area (Å²) < 4.78 is 5.24. The Bertz CT molecular complexity index is 224. The Labute approximate surface area is 89.6 Å². The summed E-state index contributed by atoms with van der Waals surface area (Å²) in [5, 5.41) is 18.4. The van der Waals surface area contributed by atoms with Crippen LogP contribution in [-0.2, 0) is 9.53 Å². The van der Waals surface area contributed by atoms with Crippen LogP contribution in [-0.4, -0.2) is 59.0 Å². The van der Waals surface area contributed by atoms with E-state index < -0.39 is 11.6 Å². The van der Waals surface area contributed by atoms with Gasteiger partial charge >= 0.3 is 5.97 Å². The molecule has 0 radical (unpaired) electrons. The molecule has 1 atom stereocenters. The van der Waals surface area contributed by atoms with E-state index in [9.17, 15) is 9.90 Å². The Balaban J connectivity index is 2.53. The molecule has 1 rings (SSSR count). The van der Waals surface area contributed by atoms with E-state index >= 15 is 0 Å². The molecule has 1 unspecified atom stereocenters. The molecule has 1 fully saturated rings. The van der Waals surface area contributed by atoms with Crippen LogP contribution < -0.4 is 0 Å². The normalized spacial score (nSPS) is 24.1. The topological polar surface area (TPSA) is 70.0 Å². The monoisotopic (exact) mass is 217 g/mol. The molecular weight excluding hydrogens is 198 g/mol. The number of carboxylic acids is 1. The van der Waals surface area contributed by atoms with Crippen LogP contribution in [0.3, 0.4) is 0 Å². The summed E-state index contributed by atoms with van der Waals surface area (Å²) in [5.74, 6) is -0.828. The molecule has 1 aliphatic rings. The molecular formula is C10H19NO4. The fraction of sp³-hybridized carbons (Fsp3) is 0.900. The molecule has 5 heteroatoms. The van der Waals surface area contributed by atoms with Crippen LogP contribution in [0.4, 0.5) is 0 Å². The van der Waals surface area contributed by atoms with E-state index in [0.717, 1.165) is 0 Å². The maximum Gasteiger partial charge on any atom is 0.305 e. The van der Waals surface area contributed by atoms with Gasteiger partial charge in [0.1, 0.15) is 0 Å². The van der Waals surface area contributed by atoms with Crippen molar-refractivity contribution in [2.24, 2.45) is 0 Å². The van der Waals surface area contributed by atoms with Crippen molar-refractivity contribution in [2.45, 2.75) is 31.9 Å². The van der Waals surface area contributed by atoms with E-state index in [-0.39, 0.29) is 12.5 Å². The Morgan fingerprint density at radius 3 is 2.80 bits per heavy atom. The van der Waals surface area contributed by atoms with Crippen molar-refractivity contribution in [3.63, 3.8) is 0 Å². The van der Waals surface area contributed by atoms with E-state index in [1.54, 1.807) is 13.8 Å². The molecule has 0 saturated carbocycles. The van der Waals surface area contributed by atoms with Gasteiger partial charge in [-0.15, -0.1) is 0 Å². The van der Waals surface area contributed by atoms with E-state index in [1.165, 1.54) is 0 Å². The van der Waals surface area contributed by atoms with Crippen molar-refractivity contribution >= 4 is 5.97 Å². The highest BCUT2D eigenvalue weighted by Gasteiger charge is 2.29. The summed E-state index contributed by atoms with van der Waals surface area (Å²) in [4.78, 5) is 12.6. The van der Waals surface area contributed by atoms with Gasteiger partial charge in [-0.05, 0) is 13.8 Å². The number of ether oxygens (including phenoxy) is 1. The fourth-order valence-electron chi connectivity index (χ4n) is 1.78. The smallest absolute Gasteiger partial charge is 0.305 e. The number of aliphatic carboxylic acids is 1. The predicted octanol–water partition coefficient (Wildman–Crippen LogP) is -0.0672. The quantitative estimate of drug-likeness (QED) is 0.690. The third-order valence-electron chi connectivity index (χ3n) is 2.35. The molecule has 0 aromatic carbocycles. The maximum absolute atomic E-state index is 10.6.